The Morgan fingerprint density at radius 3 is 3.05 bits per heavy atom. The SMILES string of the molecule is CC1CC(NC(=O)C2Cc3ccccc3N2)CCO1. The van der Waals surface area contributed by atoms with Gasteiger partial charge in [0.1, 0.15) is 6.04 Å². The molecule has 2 aliphatic rings. The first kappa shape index (κ1) is 12.5. The van der Waals surface area contributed by atoms with Crippen LogP contribution in [-0.4, -0.2) is 30.7 Å². The molecule has 4 nitrogen and oxygen atoms in total. The zero-order valence-corrected chi connectivity index (χ0v) is 11.2. The first-order chi connectivity index (χ1) is 9.22. The largest absolute Gasteiger partial charge is 0.378 e. The topological polar surface area (TPSA) is 50.4 Å². The maximum atomic E-state index is 12.3. The highest BCUT2D eigenvalue weighted by Crippen LogP contribution is 2.25. The Morgan fingerprint density at radius 1 is 1.42 bits per heavy atom. The van der Waals surface area contributed by atoms with Gasteiger partial charge >= 0.3 is 0 Å². The number of carbonyl (C=O) groups excluding carboxylic acids is 1. The van der Waals surface area contributed by atoms with Crippen molar-refractivity contribution >= 4 is 11.6 Å². The molecule has 3 atom stereocenters. The molecule has 2 heterocycles. The van der Waals surface area contributed by atoms with Crippen LogP contribution < -0.4 is 10.6 Å². The summed E-state index contributed by atoms with van der Waals surface area (Å²) in [6.45, 7) is 2.80. The van der Waals surface area contributed by atoms with Gasteiger partial charge in [-0.15, -0.1) is 0 Å². The molecule has 4 heteroatoms. The summed E-state index contributed by atoms with van der Waals surface area (Å²) in [4.78, 5) is 12.3. The number of nitrogens with one attached hydrogen (secondary N) is 2. The van der Waals surface area contributed by atoms with Gasteiger partial charge in [-0.1, -0.05) is 18.2 Å². The molecule has 3 rings (SSSR count). The van der Waals surface area contributed by atoms with Crippen LogP contribution in [0.1, 0.15) is 25.3 Å². The lowest BCUT2D eigenvalue weighted by Crippen LogP contribution is -2.47. The van der Waals surface area contributed by atoms with Crippen LogP contribution >= 0.6 is 0 Å². The molecule has 1 amide bonds. The van der Waals surface area contributed by atoms with Crippen LogP contribution in [-0.2, 0) is 16.0 Å². The number of amides is 1. The first-order valence-corrected chi connectivity index (χ1v) is 6.99. The number of rotatable bonds is 2. The van der Waals surface area contributed by atoms with E-state index in [0.717, 1.165) is 31.6 Å². The van der Waals surface area contributed by atoms with Gasteiger partial charge in [0.2, 0.25) is 5.91 Å². The summed E-state index contributed by atoms with van der Waals surface area (Å²) in [5.41, 5.74) is 2.31. The van der Waals surface area contributed by atoms with Crippen LogP contribution in [0.5, 0.6) is 0 Å². The molecule has 19 heavy (non-hydrogen) atoms. The van der Waals surface area contributed by atoms with Crippen LogP contribution in [0, 0.1) is 0 Å². The number of anilines is 1. The van der Waals surface area contributed by atoms with Gasteiger partial charge < -0.3 is 15.4 Å². The fourth-order valence-electron chi connectivity index (χ4n) is 2.89. The number of hydrogen-bond acceptors (Lipinski definition) is 3. The van der Waals surface area contributed by atoms with Gasteiger partial charge in [0.15, 0.2) is 0 Å². The van der Waals surface area contributed by atoms with Crippen molar-refractivity contribution in [2.75, 3.05) is 11.9 Å². The third kappa shape index (κ3) is 2.73. The number of carbonyl (C=O) groups is 1. The second-order valence-electron chi connectivity index (χ2n) is 5.47. The van der Waals surface area contributed by atoms with Crippen molar-refractivity contribution in [2.45, 2.75) is 44.4 Å². The Kier molecular flexibility index (Phi) is 3.42. The second kappa shape index (κ2) is 5.21. The molecule has 1 aromatic carbocycles. The van der Waals surface area contributed by atoms with E-state index < -0.39 is 0 Å². The van der Waals surface area contributed by atoms with Gasteiger partial charge in [-0.25, -0.2) is 0 Å². The zero-order valence-electron chi connectivity index (χ0n) is 11.2. The summed E-state index contributed by atoms with van der Waals surface area (Å²) in [6, 6.07) is 8.23. The summed E-state index contributed by atoms with van der Waals surface area (Å²) in [6.07, 6.45) is 2.84. The Labute approximate surface area is 113 Å². The maximum absolute atomic E-state index is 12.3. The summed E-state index contributed by atoms with van der Waals surface area (Å²) >= 11 is 0. The third-order valence-electron chi connectivity index (χ3n) is 3.92. The van der Waals surface area contributed by atoms with E-state index in [1.54, 1.807) is 0 Å². The van der Waals surface area contributed by atoms with Crippen molar-refractivity contribution in [3.8, 4) is 0 Å². The average molecular weight is 260 g/mol. The van der Waals surface area contributed by atoms with Crippen molar-refractivity contribution in [2.24, 2.45) is 0 Å². The highest BCUT2D eigenvalue weighted by Gasteiger charge is 2.29. The summed E-state index contributed by atoms with van der Waals surface area (Å²) < 4.78 is 5.50. The summed E-state index contributed by atoms with van der Waals surface area (Å²) in [5, 5.41) is 6.44. The van der Waals surface area contributed by atoms with E-state index in [9.17, 15) is 4.79 Å². The Bertz CT molecular complexity index is 450. The van der Waals surface area contributed by atoms with Gasteiger partial charge in [0.25, 0.3) is 0 Å². The predicted molar refractivity (Wildman–Crippen MR) is 74.1 cm³/mol. The van der Waals surface area contributed by atoms with Crippen molar-refractivity contribution in [1.82, 2.24) is 5.32 Å². The molecule has 1 saturated heterocycles. The van der Waals surface area contributed by atoms with Gasteiger partial charge in [0.05, 0.1) is 6.10 Å². The number of ether oxygens (including phenoxy) is 1. The van der Waals surface area contributed by atoms with E-state index in [1.165, 1.54) is 5.56 Å². The van der Waals surface area contributed by atoms with Crippen LogP contribution in [0.2, 0.25) is 0 Å². The number of para-hydroxylation sites is 1. The standard InChI is InChI=1S/C15H20N2O2/c1-10-8-12(6-7-19-10)16-15(18)14-9-11-4-2-3-5-13(11)17-14/h2-5,10,12,14,17H,6-9H2,1H3,(H,16,18). The molecule has 3 unspecified atom stereocenters. The molecule has 2 N–H and O–H groups in total. The van der Waals surface area contributed by atoms with Gasteiger partial charge in [-0.2, -0.15) is 0 Å². The molecule has 102 valence electrons. The number of hydrogen-bond donors (Lipinski definition) is 2. The van der Waals surface area contributed by atoms with Crippen molar-refractivity contribution in [3.63, 3.8) is 0 Å². The van der Waals surface area contributed by atoms with E-state index in [4.69, 9.17) is 4.74 Å². The molecule has 0 saturated carbocycles. The molecular formula is C15H20N2O2. The lowest BCUT2D eigenvalue weighted by Gasteiger charge is -2.28. The molecule has 1 aromatic rings. The molecule has 0 aromatic heterocycles. The van der Waals surface area contributed by atoms with E-state index >= 15 is 0 Å². The van der Waals surface area contributed by atoms with Crippen molar-refractivity contribution < 1.29 is 9.53 Å². The minimum Gasteiger partial charge on any atom is -0.378 e. The molecular weight excluding hydrogens is 240 g/mol. The van der Waals surface area contributed by atoms with Crippen LogP contribution in [0.25, 0.3) is 0 Å². The van der Waals surface area contributed by atoms with E-state index in [1.807, 2.05) is 18.2 Å². The molecule has 0 radical (unpaired) electrons. The first-order valence-electron chi connectivity index (χ1n) is 6.99. The average Bonchev–Trinajstić information content (AvgIpc) is 2.82. The van der Waals surface area contributed by atoms with E-state index in [2.05, 4.69) is 23.6 Å². The Balaban J connectivity index is 1.58. The normalized spacial score (nSPS) is 29.4. The summed E-state index contributed by atoms with van der Waals surface area (Å²) in [7, 11) is 0. The van der Waals surface area contributed by atoms with E-state index in [0.29, 0.717) is 0 Å². The Hall–Kier alpha value is -1.55. The highest BCUT2D eigenvalue weighted by atomic mass is 16.5. The fourth-order valence-corrected chi connectivity index (χ4v) is 2.89. The van der Waals surface area contributed by atoms with Crippen molar-refractivity contribution in [1.29, 1.82) is 0 Å². The van der Waals surface area contributed by atoms with Gasteiger partial charge in [-0.05, 0) is 31.4 Å². The molecule has 0 aliphatic carbocycles. The van der Waals surface area contributed by atoms with Crippen LogP contribution in [0.4, 0.5) is 5.69 Å². The zero-order chi connectivity index (χ0) is 13.2. The third-order valence-corrected chi connectivity index (χ3v) is 3.92. The smallest absolute Gasteiger partial charge is 0.243 e. The maximum Gasteiger partial charge on any atom is 0.243 e. The van der Waals surface area contributed by atoms with Gasteiger partial charge in [-0.3, -0.25) is 4.79 Å². The minimum atomic E-state index is -0.129. The monoisotopic (exact) mass is 260 g/mol. The lowest BCUT2D eigenvalue weighted by atomic mass is 10.0. The predicted octanol–water partition coefficient (Wildman–Crippen LogP) is 1.71. The number of fused-ring (bicyclic) bond motifs is 1. The summed E-state index contributed by atoms with van der Waals surface area (Å²) in [5.74, 6) is 0.107. The number of benzene rings is 1. The van der Waals surface area contributed by atoms with Gasteiger partial charge in [0, 0.05) is 24.8 Å². The fraction of sp³-hybridized carbons (Fsp3) is 0.533. The quantitative estimate of drug-likeness (QED) is 0.851. The van der Waals surface area contributed by atoms with Crippen LogP contribution in [0.3, 0.4) is 0 Å². The Morgan fingerprint density at radius 2 is 2.26 bits per heavy atom. The molecule has 0 spiro atoms. The lowest BCUT2D eigenvalue weighted by molar-refractivity contribution is -0.123. The molecule has 0 bridgehead atoms. The minimum absolute atomic E-state index is 0.107. The van der Waals surface area contributed by atoms with Crippen LogP contribution in [0.15, 0.2) is 24.3 Å². The highest BCUT2D eigenvalue weighted by molar-refractivity contribution is 5.87. The van der Waals surface area contributed by atoms with E-state index in [-0.39, 0.29) is 24.1 Å². The molecule has 2 aliphatic heterocycles. The van der Waals surface area contributed by atoms with Crippen molar-refractivity contribution in [3.05, 3.63) is 29.8 Å². The molecule has 1 fully saturated rings. The second-order valence-corrected chi connectivity index (χ2v) is 5.47.